The minimum Gasteiger partial charge on any atom is -0.479 e. The number of hydrogen-bond donors (Lipinski definition) is 1. The van der Waals surface area contributed by atoms with Crippen LogP contribution in [0, 0.1) is 6.92 Å². The number of aromatic nitrogens is 1. The van der Waals surface area contributed by atoms with E-state index in [0.717, 1.165) is 16.5 Å². The number of benzene rings is 1. The largest absolute Gasteiger partial charge is 0.479 e. The minimum absolute atomic E-state index is 0.501. The molecule has 0 unspecified atom stereocenters. The Balaban J connectivity index is 2.48. The van der Waals surface area contributed by atoms with Gasteiger partial charge in [0.05, 0.1) is 6.20 Å². The maximum absolute atomic E-state index is 10.8. The molecule has 1 N–H and O–H groups in total. The first-order valence-electron chi connectivity index (χ1n) is 5.33. The Labute approximate surface area is 98.9 Å². The molecule has 0 aliphatic heterocycles. The number of fused-ring (bicyclic) bond motifs is 1. The highest BCUT2D eigenvalue weighted by molar-refractivity contribution is 5.89. The van der Waals surface area contributed by atoms with E-state index in [2.05, 4.69) is 4.98 Å². The van der Waals surface area contributed by atoms with Crippen molar-refractivity contribution in [2.75, 3.05) is 0 Å². The second kappa shape index (κ2) is 4.41. The number of carboxylic acids is 1. The molecule has 17 heavy (non-hydrogen) atoms. The fourth-order valence-corrected chi connectivity index (χ4v) is 1.64. The summed E-state index contributed by atoms with van der Waals surface area (Å²) in [4.78, 5) is 15.0. The van der Waals surface area contributed by atoms with Gasteiger partial charge in [-0.3, -0.25) is 4.98 Å². The smallest absolute Gasteiger partial charge is 0.344 e. The molecule has 88 valence electrons. The SMILES string of the molecule is Cc1ncc(O[C@@H](C)C(=O)O)c2ccccc12. The van der Waals surface area contributed by atoms with Gasteiger partial charge in [0.2, 0.25) is 0 Å². The van der Waals surface area contributed by atoms with Gasteiger partial charge in [0, 0.05) is 16.5 Å². The first kappa shape index (κ1) is 11.4. The van der Waals surface area contributed by atoms with E-state index in [1.54, 1.807) is 6.20 Å². The Kier molecular flexibility index (Phi) is 2.95. The number of rotatable bonds is 3. The lowest BCUT2D eigenvalue weighted by molar-refractivity contribution is -0.144. The fourth-order valence-electron chi connectivity index (χ4n) is 1.64. The van der Waals surface area contributed by atoms with Gasteiger partial charge in [0.25, 0.3) is 0 Å². The quantitative estimate of drug-likeness (QED) is 0.881. The van der Waals surface area contributed by atoms with E-state index in [0.29, 0.717) is 5.75 Å². The molecule has 2 aromatic rings. The van der Waals surface area contributed by atoms with E-state index in [9.17, 15) is 4.79 Å². The molecule has 0 aliphatic carbocycles. The van der Waals surface area contributed by atoms with Crippen molar-refractivity contribution in [3.63, 3.8) is 0 Å². The van der Waals surface area contributed by atoms with Crippen LogP contribution in [0.4, 0.5) is 0 Å². The third kappa shape index (κ3) is 2.20. The predicted molar refractivity (Wildman–Crippen MR) is 64.2 cm³/mol. The first-order valence-corrected chi connectivity index (χ1v) is 5.33. The van der Waals surface area contributed by atoms with Crippen molar-refractivity contribution in [2.45, 2.75) is 20.0 Å². The summed E-state index contributed by atoms with van der Waals surface area (Å²) in [6.45, 7) is 3.41. The number of ether oxygens (including phenoxy) is 1. The highest BCUT2D eigenvalue weighted by Gasteiger charge is 2.14. The van der Waals surface area contributed by atoms with Crippen LogP contribution in [0.3, 0.4) is 0 Å². The van der Waals surface area contributed by atoms with E-state index in [-0.39, 0.29) is 0 Å². The molecule has 4 heteroatoms. The molecule has 0 bridgehead atoms. The predicted octanol–water partition coefficient (Wildman–Crippen LogP) is 2.40. The number of carboxylic acid groups (broad SMARTS) is 1. The Hall–Kier alpha value is -2.10. The Morgan fingerprint density at radius 2 is 2.00 bits per heavy atom. The zero-order valence-corrected chi connectivity index (χ0v) is 9.68. The van der Waals surface area contributed by atoms with E-state index in [1.807, 2.05) is 31.2 Å². The maximum atomic E-state index is 10.8. The number of aliphatic carboxylic acids is 1. The van der Waals surface area contributed by atoms with Crippen LogP contribution in [0.25, 0.3) is 10.8 Å². The topological polar surface area (TPSA) is 59.4 Å². The first-order chi connectivity index (χ1) is 8.09. The van der Waals surface area contributed by atoms with Gasteiger partial charge in [-0.05, 0) is 13.8 Å². The van der Waals surface area contributed by atoms with Gasteiger partial charge in [-0.1, -0.05) is 24.3 Å². The number of carbonyl (C=O) groups is 1. The molecule has 0 aliphatic rings. The molecule has 1 atom stereocenters. The van der Waals surface area contributed by atoms with Gasteiger partial charge in [0.1, 0.15) is 5.75 Å². The van der Waals surface area contributed by atoms with Crippen molar-refractivity contribution < 1.29 is 14.6 Å². The average Bonchev–Trinajstić information content (AvgIpc) is 2.33. The summed E-state index contributed by atoms with van der Waals surface area (Å²) in [6.07, 6.45) is 0.680. The van der Waals surface area contributed by atoms with Crippen LogP contribution in [0.5, 0.6) is 5.75 Å². The molecular formula is C13H13NO3. The molecule has 0 amide bonds. The highest BCUT2D eigenvalue weighted by Crippen LogP contribution is 2.27. The lowest BCUT2D eigenvalue weighted by Crippen LogP contribution is -2.23. The molecule has 0 fully saturated rings. The summed E-state index contributed by atoms with van der Waals surface area (Å²) in [7, 11) is 0. The molecule has 0 saturated carbocycles. The number of nitrogens with zero attached hydrogens (tertiary/aromatic N) is 1. The normalized spacial score (nSPS) is 12.4. The molecule has 1 aromatic carbocycles. The van der Waals surface area contributed by atoms with Gasteiger partial charge in [0.15, 0.2) is 6.10 Å². The molecule has 2 rings (SSSR count). The van der Waals surface area contributed by atoms with Crippen LogP contribution in [0.15, 0.2) is 30.5 Å². The van der Waals surface area contributed by atoms with Crippen molar-refractivity contribution in [1.82, 2.24) is 4.98 Å². The standard InChI is InChI=1S/C13H13NO3/c1-8-10-5-3-4-6-11(10)12(7-14-8)17-9(2)13(15)16/h3-7,9H,1-2H3,(H,15,16)/t9-/m0/s1. The van der Waals surface area contributed by atoms with Crippen molar-refractivity contribution in [2.24, 2.45) is 0 Å². The Bertz CT molecular complexity index is 566. The second-order valence-corrected chi connectivity index (χ2v) is 3.85. The van der Waals surface area contributed by atoms with Crippen LogP contribution < -0.4 is 4.74 Å². The molecule has 1 heterocycles. The van der Waals surface area contributed by atoms with E-state index in [4.69, 9.17) is 9.84 Å². The summed E-state index contributed by atoms with van der Waals surface area (Å²) >= 11 is 0. The summed E-state index contributed by atoms with van der Waals surface area (Å²) in [5, 5.41) is 10.7. The molecule has 4 nitrogen and oxygen atoms in total. The molecular weight excluding hydrogens is 218 g/mol. The van der Waals surface area contributed by atoms with E-state index < -0.39 is 12.1 Å². The zero-order chi connectivity index (χ0) is 12.4. The molecule has 1 aromatic heterocycles. The van der Waals surface area contributed by atoms with Gasteiger partial charge >= 0.3 is 5.97 Å². The summed E-state index contributed by atoms with van der Waals surface area (Å²) in [6, 6.07) is 7.64. The van der Waals surface area contributed by atoms with Crippen molar-refractivity contribution in [1.29, 1.82) is 0 Å². The second-order valence-electron chi connectivity index (χ2n) is 3.85. The molecule has 0 radical (unpaired) electrons. The van der Waals surface area contributed by atoms with Crippen LogP contribution in [0.1, 0.15) is 12.6 Å². The summed E-state index contributed by atoms with van der Waals surface area (Å²) < 4.78 is 5.38. The van der Waals surface area contributed by atoms with Crippen LogP contribution in [-0.4, -0.2) is 22.2 Å². The van der Waals surface area contributed by atoms with Crippen LogP contribution in [-0.2, 0) is 4.79 Å². The third-order valence-corrected chi connectivity index (χ3v) is 2.61. The van der Waals surface area contributed by atoms with Gasteiger partial charge < -0.3 is 9.84 Å². The lowest BCUT2D eigenvalue weighted by Gasteiger charge is -2.13. The van der Waals surface area contributed by atoms with Crippen LogP contribution in [0.2, 0.25) is 0 Å². The minimum atomic E-state index is -0.991. The maximum Gasteiger partial charge on any atom is 0.344 e. The third-order valence-electron chi connectivity index (χ3n) is 2.61. The molecule has 0 saturated heterocycles. The summed E-state index contributed by atoms with van der Waals surface area (Å²) in [5.74, 6) is -0.490. The number of aryl methyl sites for hydroxylation is 1. The highest BCUT2D eigenvalue weighted by atomic mass is 16.5. The summed E-state index contributed by atoms with van der Waals surface area (Å²) in [5.41, 5.74) is 0.899. The van der Waals surface area contributed by atoms with Crippen molar-refractivity contribution in [3.05, 3.63) is 36.2 Å². The lowest BCUT2D eigenvalue weighted by atomic mass is 10.1. The monoisotopic (exact) mass is 231 g/mol. The van der Waals surface area contributed by atoms with Gasteiger partial charge in [-0.2, -0.15) is 0 Å². The average molecular weight is 231 g/mol. The van der Waals surface area contributed by atoms with Crippen LogP contribution >= 0.6 is 0 Å². The van der Waals surface area contributed by atoms with E-state index >= 15 is 0 Å². The van der Waals surface area contributed by atoms with E-state index in [1.165, 1.54) is 6.92 Å². The number of hydrogen-bond acceptors (Lipinski definition) is 3. The Morgan fingerprint density at radius 3 is 2.65 bits per heavy atom. The van der Waals surface area contributed by atoms with Crippen molar-refractivity contribution in [3.8, 4) is 5.75 Å². The fraction of sp³-hybridized carbons (Fsp3) is 0.231. The van der Waals surface area contributed by atoms with Gasteiger partial charge in [-0.25, -0.2) is 4.79 Å². The molecule has 0 spiro atoms. The van der Waals surface area contributed by atoms with Gasteiger partial charge in [-0.15, -0.1) is 0 Å². The number of pyridine rings is 1. The Morgan fingerprint density at radius 1 is 1.35 bits per heavy atom. The zero-order valence-electron chi connectivity index (χ0n) is 9.68. The van der Waals surface area contributed by atoms with Crippen molar-refractivity contribution >= 4 is 16.7 Å².